The Bertz CT molecular complexity index is 452. The fourth-order valence-electron chi connectivity index (χ4n) is 1.75. The van der Waals surface area contributed by atoms with Crippen LogP contribution in [0.3, 0.4) is 0 Å². The van der Waals surface area contributed by atoms with Crippen LogP contribution in [-0.4, -0.2) is 23.7 Å². The van der Waals surface area contributed by atoms with Crippen LogP contribution < -0.4 is 10.6 Å². The van der Waals surface area contributed by atoms with Crippen molar-refractivity contribution in [3.8, 4) is 0 Å². The first-order valence-electron chi connectivity index (χ1n) is 6.24. The summed E-state index contributed by atoms with van der Waals surface area (Å²) in [6.07, 6.45) is 0.412. The maximum absolute atomic E-state index is 11.6. The second kappa shape index (κ2) is 6.78. The molecule has 0 radical (unpaired) electrons. The van der Waals surface area contributed by atoms with Crippen LogP contribution in [0.25, 0.3) is 0 Å². The second-order valence-electron chi connectivity index (χ2n) is 4.79. The Morgan fingerprint density at radius 2 is 1.79 bits per heavy atom. The topological polar surface area (TPSA) is 78.4 Å². The van der Waals surface area contributed by atoms with Crippen LogP contribution in [0.15, 0.2) is 18.2 Å². The first-order valence-corrected chi connectivity index (χ1v) is 6.24. The Morgan fingerprint density at radius 3 is 2.32 bits per heavy atom. The molecular formula is C14H20N2O3. The SMILES string of the molecule is Cc1cc(C)cc(NC(=O)NCCC(C)C(=O)O)c1. The average Bonchev–Trinajstić information content (AvgIpc) is 2.26. The third-order valence-corrected chi connectivity index (χ3v) is 2.76. The van der Waals surface area contributed by atoms with Gasteiger partial charge in [-0.25, -0.2) is 4.79 Å². The molecule has 0 saturated heterocycles. The molecule has 0 aliphatic heterocycles. The van der Waals surface area contributed by atoms with Gasteiger partial charge >= 0.3 is 12.0 Å². The lowest BCUT2D eigenvalue weighted by atomic mass is 10.1. The minimum Gasteiger partial charge on any atom is -0.481 e. The van der Waals surface area contributed by atoms with Gasteiger partial charge in [-0.3, -0.25) is 4.79 Å². The number of hydrogen-bond donors (Lipinski definition) is 3. The van der Waals surface area contributed by atoms with E-state index in [9.17, 15) is 9.59 Å². The van der Waals surface area contributed by atoms with Crippen molar-refractivity contribution in [2.75, 3.05) is 11.9 Å². The normalized spacial score (nSPS) is 11.7. The lowest BCUT2D eigenvalue weighted by Crippen LogP contribution is -2.31. The van der Waals surface area contributed by atoms with E-state index in [4.69, 9.17) is 5.11 Å². The quantitative estimate of drug-likeness (QED) is 0.764. The van der Waals surface area contributed by atoms with Gasteiger partial charge in [-0.05, 0) is 43.5 Å². The number of hydrogen-bond acceptors (Lipinski definition) is 2. The zero-order valence-corrected chi connectivity index (χ0v) is 11.5. The Hall–Kier alpha value is -2.04. The molecule has 0 spiro atoms. The summed E-state index contributed by atoms with van der Waals surface area (Å²) in [6, 6.07) is 5.47. The van der Waals surface area contributed by atoms with Crippen molar-refractivity contribution in [3.63, 3.8) is 0 Å². The molecule has 0 aliphatic rings. The van der Waals surface area contributed by atoms with Gasteiger partial charge in [0.25, 0.3) is 0 Å². The number of carboxylic acids is 1. The van der Waals surface area contributed by atoms with Crippen LogP contribution in [0.5, 0.6) is 0 Å². The number of rotatable bonds is 5. The molecular weight excluding hydrogens is 244 g/mol. The van der Waals surface area contributed by atoms with Gasteiger partial charge in [0.2, 0.25) is 0 Å². The summed E-state index contributed by atoms with van der Waals surface area (Å²) in [5.74, 6) is -1.31. The van der Waals surface area contributed by atoms with Gasteiger partial charge in [0.1, 0.15) is 0 Å². The highest BCUT2D eigenvalue weighted by atomic mass is 16.4. The minimum atomic E-state index is -0.850. The number of carboxylic acid groups (broad SMARTS) is 1. The fraction of sp³-hybridized carbons (Fsp3) is 0.429. The van der Waals surface area contributed by atoms with Crippen molar-refractivity contribution >= 4 is 17.7 Å². The van der Waals surface area contributed by atoms with Gasteiger partial charge in [0, 0.05) is 12.2 Å². The van der Waals surface area contributed by atoms with Gasteiger partial charge in [0.05, 0.1) is 5.92 Å². The van der Waals surface area contributed by atoms with E-state index in [1.165, 1.54) is 0 Å². The number of carbonyl (C=O) groups excluding carboxylic acids is 1. The maximum atomic E-state index is 11.6. The fourth-order valence-corrected chi connectivity index (χ4v) is 1.75. The van der Waals surface area contributed by atoms with Gasteiger partial charge in [-0.1, -0.05) is 13.0 Å². The predicted molar refractivity (Wildman–Crippen MR) is 74.4 cm³/mol. The summed E-state index contributed by atoms with van der Waals surface area (Å²) in [5.41, 5.74) is 2.89. The van der Waals surface area contributed by atoms with Crippen LogP contribution in [0.2, 0.25) is 0 Å². The molecule has 0 aliphatic carbocycles. The highest BCUT2D eigenvalue weighted by molar-refractivity contribution is 5.89. The predicted octanol–water partition coefficient (Wildman–Crippen LogP) is 2.54. The highest BCUT2D eigenvalue weighted by Gasteiger charge is 2.10. The van der Waals surface area contributed by atoms with Gasteiger partial charge in [-0.15, -0.1) is 0 Å². The van der Waals surface area contributed by atoms with Crippen LogP contribution >= 0.6 is 0 Å². The summed E-state index contributed by atoms with van der Waals surface area (Å²) in [4.78, 5) is 22.2. The lowest BCUT2D eigenvalue weighted by molar-refractivity contribution is -0.141. The van der Waals surface area contributed by atoms with Crippen molar-refractivity contribution < 1.29 is 14.7 Å². The Balaban J connectivity index is 2.41. The Kier molecular flexibility index (Phi) is 5.36. The van der Waals surface area contributed by atoms with E-state index in [1.54, 1.807) is 6.92 Å². The molecule has 0 saturated carbocycles. The molecule has 104 valence electrons. The molecule has 19 heavy (non-hydrogen) atoms. The van der Waals surface area contributed by atoms with E-state index in [0.717, 1.165) is 16.8 Å². The molecule has 1 atom stereocenters. The lowest BCUT2D eigenvalue weighted by Gasteiger charge is -2.10. The van der Waals surface area contributed by atoms with E-state index in [0.29, 0.717) is 13.0 Å². The summed E-state index contributed by atoms with van der Waals surface area (Å²) >= 11 is 0. The number of anilines is 1. The molecule has 1 unspecified atom stereocenters. The third-order valence-electron chi connectivity index (χ3n) is 2.76. The van der Waals surface area contributed by atoms with E-state index >= 15 is 0 Å². The van der Waals surface area contributed by atoms with Crippen molar-refractivity contribution in [3.05, 3.63) is 29.3 Å². The van der Waals surface area contributed by atoms with Crippen molar-refractivity contribution in [1.29, 1.82) is 0 Å². The number of nitrogens with one attached hydrogen (secondary N) is 2. The summed E-state index contributed by atoms with van der Waals surface area (Å²) in [7, 11) is 0. The third kappa shape index (κ3) is 5.42. The van der Waals surface area contributed by atoms with E-state index in [1.807, 2.05) is 32.0 Å². The highest BCUT2D eigenvalue weighted by Crippen LogP contribution is 2.13. The zero-order chi connectivity index (χ0) is 14.4. The monoisotopic (exact) mass is 264 g/mol. The number of aliphatic carboxylic acids is 1. The first-order chi connectivity index (χ1) is 8.88. The number of aryl methyl sites for hydroxylation is 2. The molecule has 1 aromatic rings. The number of carbonyl (C=O) groups is 2. The smallest absolute Gasteiger partial charge is 0.319 e. The second-order valence-corrected chi connectivity index (χ2v) is 4.79. The number of benzene rings is 1. The molecule has 0 heterocycles. The summed E-state index contributed by atoms with van der Waals surface area (Å²) in [6.45, 7) is 5.88. The van der Waals surface area contributed by atoms with Crippen molar-refractivity contribution in [2.45, 2.75) is 27.2 Å². The standard InChI is InChI=1S/C14H20N2O3/c1-9-6-10(2)8-12(7-9)16-14(19)15-5-4-11(3)13(17)18/h6-8,11H,4-5H2,1-3H3,(H,17,18)(H2,15,16,19). The molecule has 0 fully saturated rings. The number of urea groups is 1. The van der Waals surface area contributed by atoms with Gasteiger partial charge in [0.15, 0.2) is 0 Å². The van der Waals surface area contributed by atoms with Crippen molar-refractivity contribution in [2.24, 2.45) is 5.92 Å². The molecule has 0 bridgehead atoms. The molecule has 2 amide bonds. The van der Waals surface area contributed by atoms with Crippen LogP contribution in [0, 0.1) is 19.8 Å². The number of amides is 2. The molecule has 1 aromatic carbocycles. The van der Waals surface area contributed by atoms with Gasteiger partial charge < -0.3 is 15.7 Å². The molecule has 0 aromatic heterocycles. The molecule has 5 nitrogen and oxygen atoms in total. The van der Waals surface area contributed by atoms with Crippen LogP contribution in [0.4, 0.5) is 10.5 Å². The first kappa shape index (κ1) is 15.0. The molecule has 3 N–H and O–H groups in total. The van der Waals surface area contributed by atoms with Gasteiger partial charge in [-0.2, -0.15) is 0 Å². The van der Waals surface area contributed by atoms with Crippen LogP contribution in [-0.2, 0) is 4.79 Å². The van der Waals surface area contributed by atoms with Crippen molar-refractivity contribution in [1.82, 2.24) is 5.32 Å². The van der Waals surface area contributed by atoms with E-state index in [2.05, 4.69) is 10.6 Å². The summed E-state index contributed by atoms with van der Waals surface area (Å²) < 4.78 is 0. The average molecular weight is 264 g/mol. The largest absolute Gasteiger partial charge is 0.481 e. The molecule has 5 heteroatoms. The molecule has 1 rings (SSSR count). The van der Waals surface area contributed by atoms with E-state index < -0.39 is 11.9 Å². The Labute approximate surface area is 113 Å². The van der Waals surface area contributed by atoms with Crippen LogP contribution in [0.1, 0.15) is 24.5 Å². The Morgan fingerprint density at radius 1 is 1.21 bits per heavy atom. The maximum Gasteiger partial charge on any atom is 0.319 e. The van der Waals surface area contributed by atoms with E-state index in [-0.39, 0.29) is 6.03 Å². The minimum absolute atomic E-state index is 0.317. The zero-order valence-electron chi connectivity index (χ0n) is 11.5. The summed E-state index contributed by atoms with van der Waals surface area (Å²) in [5, 5.41) is 14.1.